The van der Waals surface area contributed by atoms with Crippen LogP contribution in [0.25, 0.3) is 0 Å². The Morgan fingerprint density at radius 3 is 2.02 bits per heavy atom. The van der Waals surface area contributed by atoms with Gasteiger partial charge < -0.3 is 53.8 Å². The quantitative estimate of drug-likeness (QED) is 0.129. The van der Waals surface area contributed by atoms with Crippen LogP contribution in [0.1, 0.15) is 104 Å². The lowest BCUT2D eigenvalue weighted by Crippen LogP contribution is -2.82. The van der Waals surface area contributed by atoms with Crippen molar-refractivity contribution < 1.29 is 72.5 Å². The van der Waals surface area contributed by atoms with Crippen LogP contribution in [0.3, 0.4) is 0 Å². The number of methoxy groups -OCH3 is 2. The van der Waals surface area contributed by atoms with E-state index in [9.17, 15) is 29.4 Å². The largest absolute Gasteiger partial charge is 0.456 e. The number of ketones is 1. The topological polar surface area (TPSA) is 223 Å². The molecule has 358 valence electrons. The lowest BCUT2D eigenvalue weighted by Gasteiger charge is -2.67. The molecular formula is C49H67NO15. The molecule has 2 aromatic rings. The molecule has 0 spiro atoms. The minimum Gasteiger partial charge on any atom is -0.456 e. The number of aliphatic hydroxyl groups excluding tert-OH is 2. The second-order valence-corrected chi connectivity index (χ2v) is 19.6. The summed E-state index contributed by atoms with van der Waals surface area (Å²) in [7, 11) is 2.78. The molecule has 3 aliphatic carbocycles. The number of fused-ring (bicyclic) bond motifs is 5. The van der Waals surface area contributed by atoms with Crippen LogP contribution in [0.5, 0.6) is 0 Å². The fraction of sp³-hybridized carbons (Fsp3) is 0.612. The van der Waals surface area contributed by atoms with Crippen molar-refractivity contribution in [3.8, 4) is 0 Å². The van der Waals surface area contributed by atoms with Crippen molar-refractivity contribution in [1.82, 2.24) is 5.32 Å². The SMILES string of the molecule is CC(C)CO.CO[C@H]1C(=O)[C@@]2(C)C([C@H](OC(=O)c3ccccc3)[C@]3(O)C[C@H](OC(=O)[C@H](O)[C@@H](NC(=O)OC(C)(C)C)c4ccccc4)C(C)=C1C3(C)C)[C@]1(OC(C)=O)CO[C@@H]1C[C@@H]2OC. The van der Waals surface area contributed by atoms with E-state index in [0.29, 0.717) is 23.7 Å². The van der Waals surface area contributed by atoms with E-state index in [4.69, 9.17) is 38.3 Å². The molecule has 2 bridgehead atoms. The molecule has 1 unspecified atom stereocenters. The molecule has 1 saturated heterocycles. The predicted octanol–water partition coefficient (Wildman–Crippen LogP) is 5.20. The van der Waals surface area contributed by atoms with Crippen LogP contribution >= 0.6 is 0 Å². The van der Waals surface area contributed by atoms with E-state index >= 15 is 4.79 Å². The van der Waals surface area contributed by atoms with Gasteiger partial charge in [0.15, 0.2) is 17.5 Å². The Kier molecular flexibility index (Phi) is 15.5. The molecule has 2 saturated carbocycles. The zero-order valence-electron chi connectivity index (χ0n) is 39.5. The Morgan fingerprint density at radius 1 is 0.938 bits per heavy atom. The first kappa shape index (κ1) is 51.3. The number of esters is 3. The average molecular weight is 910 g/mol. The van der Waals surface area contributed by atoms with Gasteiger partial charge in [-0.3, -0.25) is 9.59 Å². The van der Waals surface area contributed by atoms with Crippen LogP contribution in [-0.2, 0) is 47.5 Å². The van der Waals surface area contributed by atoms with Gasteiger partial charge in [0.25, 0.3) is 0 Å². The molecule has 65 heavy (non-hydrogen) atoms. The van der Waals surface area contributed by atoms with Gasteiger partial charge in [0, 0.05) is 46.0 Å². The number of hydrogen-bond acceptors (Lipinski definition) is 15. The number of amides is 1. The molecule has 2 aromatic carbocycles. The molecule has 0 aromatic heterocycles. The van der Waals surface area contributed by atoms with Crippen molar-refractivity contribution in [2.24, 2.45) is 22.7 Å². The normalized spacial score (nSPS) is 31.2. The van der Waals surface area contributed by atoms with E-state index in [-0.39, 0.29) is 24.2 Å². The van der Waals surface area contributed by atoms with Crippen molar-refractivity contribution in [2.45, 2.75) is 142 Å². The Balaban J connectivity index is 0.00000150. The van der Waals surface area contributed by atoms with E-state index in [2.05, 4.69) is 5.32 Å². The summed E-state index contributed by atoms with van der Waals surface area (Å²) in [6.07, 6.45) is -9.31. The number of hydrogen-bond donors (Lipinski definition) is 4. The highest BCUT2D eigenvalue weighted by molar-refractivity contribution is 5.94. The molecule has 11 atom stereocenters. The van der Waals surface area contributed by atoms with Gasteiger partial charge >= 0.3 is 24.0 Å². The molecule has 1 heterocycles. The molecule has 1 aliphatic heterocycles. The van der Waals surface area contributed by atoms with Gasteiger partial charge in [0.2, 0.25) is 0 Å². The summed E-state index contributed by atoms with van der Waals surface area (Å²) >= 11 is 0. The van der Waals surface area contributed by atoms with Gasteiger partial charge in [0.1, 0.15) is 35.6 Å². The first-order chi connectivity index (χ1) is 30.3. The van der Waals surface area contributed by atoms with Crippen LogP contribution in [0, 0.1) is 22.7 Å². The molecule has 4 N–H and O–H groups in total. The molecule has 0 radical (unpaired) electrons. The number of benzene rings is 2. The Morgan fingerprint density at radius 2 is 1.52 bits per heavy atom. The van der Waals surface area contributed by atoms with Crippen molar-refractivity contribution in [3.63, 3.8) is 0 Å². The maximum absolute atomic E-state index is 15.5. The molecular weight excluding hydrogens is 843 g/mol. The number of carbonyl (C=O) groups is 5. The first-order valence-corrected chi connectivity index (χ1v) is 22.0. The highest BCUT2D eigenvalue weighted by atomic mass is 16.6. The van der Waals surface area contributed by atoms with Gasteiger partial charge in [-0.05, 0) is 69.4 Å². The van der Waals surface area contributed by atoms with E-state index in [1.165, 1.54) is 21.1 Å². The van der Waals surface area contributed by atoms with Crippen LogP contribution in [0.4, 0.5) is 4.79 Å². The van der Waals surface area contributed by atoms with Crippen LogP contribution in [0.15, 0.2) is 71.8 Å². The fourth-order valence-electron chi connectivity index (χ4n) is 10.1. The maximum Gasteiger partial charge on any atom is 0.408 e. The van der Waals surface area contributed by atoms with Crippen molar-refractivity contribution in [2.75, 3.05) is 27.4 Å². The molecule has 4 aliphatic rings. The monoisotopic (exact) mass is 909 g/mol. The molecule has 16 heteroatoms. The van der Waals surface area contributed by atoms with Crippen LogP contribution in [-0.4, -0.2) is 126 Å². The second kappa shape index (κ2) is 19.6. The predicted molar refractivity (Wildman–Crippen MR) is 235 cm³/mol. The number of aliphatic hydroxyl groups is 3. The minimum absolute atomic E-state index is 0.121. The number of rotatable bonds is 11. The third kappa shape index (κ3) is 9.75. The smallest absolute Gasteiger partial charge is 0.408 e. The van der Waals surface area contributed by atoms with Gasteiger partial charge in [-0.2, -0.15) is 0 Å². The van der Waals surface area contributed by atoms with Crippen molar-refractivity contribution >= 4 is 29.8 Å². The second-order valence-electron chi connectivity index (χ2n) is 19.6. The molecule has 1 amide bonds. The zero-order chi connectivity index (χ0) is 48.4. The number of nitrogens with one attached hydrogen (secondary N) is 1. The zero-order valence-corrected chi connectivity index (χ0v) is 39.5. The Labute approximate surface area is 381 Å². The highest BCUT2D eigenvalue weighted by Crippen LogP contribution is 2.64. The summed E-state index contributed by atoms with van der Waals surface area (Å²) in [5.41, 5.74) is -6.72. The van der Waals surface area contributed by atoms with Crippen LogP contribution < -0.4 is 5.32 Å². The first-order valence-electron chi connectivity index (χ1n) is 22.0. The molecule has 3 fully saturated rings. The van der Waals surface area contributed by atoms with E-state index in [0.717, 1.165) is 0 Å². The minimum atomic E-state index is -2.22. The average Bonchev–Trinajstić information content (AvgIpc) is 3.24. The number of alkyl carbamates (subject to hydrolysis) is 1. The third-order valence-electron chi connectivity index (χ3n) is 13.4. The summed E-state index contributed by atoms with van der Waals surface area (Å²) in [5, 5.41) is 36.1. The summed E-state index contributed by atoms with van der Waals surface area (Å²) in [5.74, 6) is -4.08. The molecule has 6 rings (SSSR count). The standard InChI is InChI=1S/C45H57NO14.C4H10O/c1-24-28(57-39(51)33(48)32(26-17-13-11-14-18-26)46-40(52)60-41(3,4)5)22-45(53)37(58-38(50)27-19-15-12-16-20-27)35-43(8,36(49)34(55-10)31(24)42(45,6)7)29(54-9)21-30-44(35,23-56-30)59-25(2)47;1-4(2)3-5/h11-20,28-30,32-35,37,48,53H,21-23H2,1-10H3,(H,46,52);4-5H,3H2,1-2H3/t28-,29-,30+,32-,33+,34+,35?,37-,43+,44-,45+;/m0./s1. The van der Waals surface area contributed by atoms with Crippen molar-refractivity contribution in [1.29, 1.82) is 0 Å². The maximum atomic E-state index is 15.5. The van der Waals surface area contributed by atoms with Gasteiger partial charge in [-0.15, -0.1) is 0 Å². The Bertz CT molecular complexity index is 2080. The van der Waals surface area contributed by atoms with E-state index < -0.39 is 112 Å². The third-order valence-corrected chi connectivity index (χ3v) is 13.4. The number of ether oxygens (including phenoxy) is 7. The lowest BCUT2D eigenvalue weighted by atomic mass is 9.44. The lowest BCUT2D eigenvalue weighted by molar-refractivity contribution is -0.347. The highest BCUT2D eigenvalue weighted by Gasteiger charge is 2.78. The van der Waals surface area contributed by atoms with Gasteiger partial charge in [-0.1, -0.05) is 76.2 Å². The fourth-order valence-corrected chi connectivity index (χ4v) is 10.1. The number of Topliss-reactive ketones (excluding diaryl/α,β-unsaturated/α-hetero) is 1. The number of carbonyl (C=O) groups excluding carboxylic acids is 5. The van der Waals surface area contributed by atoms with Gasteiger partial charge in [0.05, 0.1) is 35.6 Å². The summed E-state index contributed by atoms with van der Waals surface area (Å²) in [4.78, 5) is 70.1. The van der Waals surface area contributed by atoms with Crippen LogP contribution in [0.2, 0.25) is 0 Å². The summed E-state index contributed by atoms with van der Waals surface area (Å²) in [6.45, 7) is 17.0. The van der Waals surface area contributed by atoms with E-state index in [1.807, 2.05) is 13.8 Å². The molecule has 16 nitrogen and oxygen atoms in total. The van der Waals surface area contributed by atoms with Gasteiger partial charge in [-0.25, -0.2) is 14.4 Å². The summed E-state index contributed by atoms with van der Waals surface area (Å²) in [6, 6.07) is 15.1. The van der Waals surface area contributed by atoms with E-state index in [1.54, 1.807) is 109 Å². The Hall–Kier alpha value is -4.71. The van der Waals surface area contributed by atoms with Crippen molar-refractivity contribution in [3.05, 3.63) is 82.9 Å². The summed E-state index contributed by atoms with van der Waals surface area (Å²) < 4.78 is 42.4.